The van der Waals surface area contributed by atoms with Crippen molar-refractivity contribution in [3.8, 4) is 5.75 Å². The zero-order valence-electron chi connectivity index (χ0n) is 11.5. The molecule has 0 spiro atoms. The summed E-state index contributed by atoms with van der Waals surface area (Å²) in [6.45, 7) is 4.34. The Hall–Kier alpha value is -1.65. The van der Waals surface area contributed by atoms with E-state index < -0.39 is 0 Å². The first-order chi connectivity index (χ1) is 9.79. The average molecular weight is 292 g/mol. The maximum Gasteiger partial charge on any atom is 0.138 e. The van der Waals surface area contributed by atoms with E-state index in [1.165, 1.54) is 0 Å². The lowest BCUT2D eigenvalue weighted by Crippen LogP contribution is -2.14. The Balaban J connectivity index is 1.86. The van der Waals surface area contributed by atoms with Gasteiger partial charge in [0.15, 0.2) is 0 Å². The molecule has 0 amide bonds. The molecule has 2 rings (SSSR count). The molecule has 2 aromatic rings. The van der Waals surface area contributed by atoms with Crippen molar-refractivity contribution in [3.63, 3.8) is 0 Å². The zero-order chi connectivity index (χ0) is 14.2. The van der Waals surface area contributed by atoms with E-state index in [2.05, 4.69) is 22.2 Å². The lowest BCUT2D eigenvalue weighted by molar-refractivity contribution is 0.304. The Morgan fingerprint density at radius 1 is 1.25 bits per heavy atom. The van der Waals surface area contributed by atoms with Gasteiger partial charge in [0.1, 0.15) is 12.4 Å². The largest absolute Gasteiger partial charge is 0.487 e. The molecule has 0 aliphatic heterocycles. The van der Waals surface area contributed by atoms with E-state index in [4.69, 9.17) is 16.3 Å². The number of rotatable bonds is 7. The monoisotopic (exact) mass is 291 g/mol. The molecule has 20 heavy (non-hydrogen) atoms. The molecule has 1 N–H and O–H groups in total. The highest BCUT2D eigenvalue weighted by atomic mass is 35.5. The molecular weight excluding hydrogens is 274 g/mol. The second-order valence-corrected chi connectivity index (χ2v) is 4.82. The molecule has 0 aliphatic rings. The van der Waals surface area contributed by atoms with Crippen LogP contribution in [0.2, 0.25) is 5.02 Å². The van der Waals surface area contributed by atoms with Crippen LogP contribution in [0.25, 0.3) is 0 Å². The van der Waals surface area contributed by atoms with Crippen molar-refractivity contribution < 1.29 is 4.74 Å². The Morgan fingerprint density at radius 2 is 2.15 bits per heavy atom. The van der Waals surface area contributed by atoms with Crippen LogP contribution in [0.4, 0.5) is 0 Å². The number of halogens is 1. The summed E-state index contributed by atoms with van der Waals surface area (Å²) in [7, 11) is 0. The molecule has 0 saturated carbocycles. The first kappa shape index (κ1) is 14.8. The summed E-state index contributed by atoms with van der Waals surface area (Å²) in [5.41, 5.74) is 1.92. The van der Waals surface area contributed by atoms with Gasteiger partial charge in [0.2, 0.25) is 0 Å². The zero-order valence-corrected chi connectivity index (χ0v) is 12.2. The summed E-state index contributed by atoms with van der Waals surface area (Å²) in [6.07, 6.45) is 6.16. The lowest BCUT2D eigenvalue weighted by atomic mass is 10.3. The Kier molecular flexibility index (Phi) is 5.77. The Labute approximate surface area is 124 Å². The third kappa shape index (κ3) is 4.47. The molecule has 0 atom stereocenters. The minimum absolute atomic E-state index is 0.413. The van der Waals surface area contributed by atoms with Crippen molar-refractivity contribution in [2.45, 2.75) is 26.5 Å². The van der Waals surface area contributed by atoms with Gasteiger partial charge in [-0.05, 0) is 31.2 Å². The fourth-order valence-corrected chi connectivity index (χ4v) is 1.85. The molecule has 106 valence electrons. The van der Waals surface area contributed by atoms with Crippen LogP contribution in [0.1, 0.15) is 24.6 Å². The molecular formula is C15H18ClN3O. The maximum atomic E-state index is 6.02. The normalized spacial score (nSPS) is 10.5. The fourth-order valence-electron chi connectivity index (χ4n) is 1.68. The number of pyridine rings is 2. The number of aromatic nitrogens is 2. The van der Waals surface area contributed by atoms with Gasteiger partial charge < -0.3 is 10.1 Å². The summed E-state index contributed by atoms with van der Waals surface area (Å²) in [5.74, 6) is 0.733. The van der Waals surface area contributed by atoms with Gasteiger partial charge in [0.25, 0.3) is 0 Å². The van der Waals surface area contributed by atoms with Crippen molar-refractivity contribution in [1.82, 2.24) is 15.3 Å². The van der Waals surface area contributed by atoms with E-state index in [0.29, 0.717) is 11.6 Å². The fraction of sp³-hybridized carbons (Fsp3) is 0.333. The number of nitrogens with one attached hydrogen (secondary N) is 1. The van der Waals surface area contributed by atoms with E-state index in [0.717, 1.165) is 36.5 Å². The van der Waals surface area contributed by atoms with Crippen LogP contribution >= 0.6 is 11.6 Å². The number of nitrogens with zero attached hydrogens (tertiary/aromatic N) is 2. The minimum Gasteiger partial charge on any atom is -0.487 e. The standard InChI is InChI=1S/C15H18ClN3O/c1-2-6-17-8-13-3-4-14(9-19-13)20-11-12-5-7-18-10-15(12)16/h3-5,7,9-10,17H,2,6,8,11H2,1H3. The van der Waals surface area contributed by atoms with Gasteiger partial charge in [0.05, 0.1) is 16.9 Å². The predicted molar refractivity (Wildman–Crippen MR) is 79.8 cm³/mol. The van der Waals surface area contributed by atoms with Crippen molar-refractivity contribution in [1.29, 1.82) is 0 Å². The van der Waals surface area contributed by atoms with Crippen molar-refractivity contribution >= 4 is 11.6 Å². The van der Waals surface area contributed by atoms with Crippen LogP contribution in [-0.2, 0) is 13.2 Å². The topological polar surface area (TPSA) is 47.0 Å². The highest BCUT2D eigenvalue weighted by Gasteiger charge is 2.01. The molecule has 0 saturated heterocycles. The second kappa shape index (κ2) is 7.82. The summed E-state index contributed by atoms with van der Waals surface area (Å²) in [4.78, 5) is 8.29. The van der Waals surface area contributed by atoms with E-state index in [1.54, 1.807) is 18.6 Å². The summed E-state index contributed by atoms with van der Waals surface area (Å²) >= 11 is 6.02. The van der Waals surface area contributed by atoms with E-state index in [-0.39, 0.29) is 0 Å². The van der Waals surface area contributed by atoms with Gasteiger partial charge in [-0.1, -0.05) is 18.5 Å². The van der Waals surface area contributed by atoms with Crippen LogP contribution in [-0.4, -0.2) is 16.5 Å². The molecule has 0 fully saturated rings. The van der Waals surface area contributed by atoms with Gasteiger partial charge in [-0.15, -0.1) is 0 Å². The maximum absolute atomic E-state index is 6.02. The van der Waals surface area contributed by atoms with Gasteiger partial charge in [-0.25, -0.2) is 0 Å². The van der Waals surface area contributed by atoms with Crippen molar-refractivity contribution in [2.24, 2.45) is 0 Å². The molecule has 2 heterocycles. The summed E-state index contributed by atoms with van der Waals surface area (Å²) in [5, 5.41) is 3.92. The summed E-state index contributed by atoms with van der Waals surface area (Å²) < 4.78 is 5.66. The average Bonchev–Trinajstić information content (AvgIpc) is 2.48. The molecule has 0 radical (unpaired) electrons. The first-order valence-electron chi connectivity index (χ1n) is 6.66. The lowest BCUT2D eigenvalue weighted by Gasteiger charge is -2.08. The molecule has 0 bridgehead atoms. The third-order valence-electron chi connectivity index (χ3n) is 2.78. The van der Waals surface area contributed by atoms with Crippen LogP contribution < -0.4 is 10.1 Å². The van der Waals surface area contributed by atoms with Gasteiger partial charge in [0, 0.05) is 24.5 Å². The molecule has 5 heteroatoms. The highest BCUT2D eigenvalue weighted by Crippen LogP contribution is 2.17. The van der Waals surface area contributed by atoms with E-state index >= 15 is 0 Å². The van der Waals surface area contributed by atoms with Gasteiger partial charge in [-0.2, -0.15) is 0 Å². The second-order valence-electron chi connectivity index (χ2n) is 4.42. The van der Waals surface area contributed by atoms with Crippen LogP contribution in [0, 0.1) is 0 Å². The first-order valence-corrected chi connectivity index (χ1v) is 7.04. The van der Waals surface area contributed by atoms with E-state index in [1.807, 2.05) is 18.2 Å². The molecule has 0 aromatic carbocycles. The highest BCUT2D eigenvalue weighted by molar-refractivity contribution is 6.31. The summed E-state index contributed by atoms with van der Waals surface area (Å²) in [6, 6.07) is 5.73. The Morgan fingerprint density at radius 3 is 2.85 bits per heavy atom. The van der Waals surface area contributed by atoms with Crippen LogP contribution in [0.3, 0.4) is 0 Å². The third-order valence-corrected chi connectivity index (χ3v) is 3.12. The van der Waals surface area contributed by atoms with Crippen LogP contribution in [0.15, 0.2) is 36.8 Å². The molecule has 2 aromatic heterocycles. The number of hydrogen-bond donors (Lipinski definition) is 1. The smallest absolute Gasteiger partial charge is 0.138 e. The predicted octanol–water partition coefficient (Wildman–Crippen LogP) is 3.21. The molecule has 0 unspecified atom stereocenters. The van der Waals surface area contributed by atoms with Crippen LogP contribution in [0.5, 0.6) is 5.75 Å². The van der Waals surface area contributed by atoms with Crippen molar-refractivity contribution in [3.05, 3.63) is 53.1 Å². The minimum atomic E-state index is 0.413. The number of ether oxygens (including phenoxy) is 1. The number of hydrogen-bond acceptors (Lipinski definition) is 4. The van der Waals surface area contributed by atoms with Crippen molar-refractivity contribution in [2.75, 3.05) is 6.54 Å². The SMILES string of the molecule is CCCNCc1ccc(OCc2ccncc2Cl)cn1. The van der Waals surface area contributed by atoms with E-state index in [9.17, 15) is 0 Å². The Bertz CT molecular complexity index is 531. The van der Waals surface area contributed by atoms with Gasteiger partial charge in [-0.3, -0.25) is 9.97 Å². The quantitative estimate of drug-likeness (QED) is 0.796. The molecule has 0 aliphatic carbocycles. The van der Waals surface area contributed by atoms with Gasteiger partial charge >= 0.3 is 0 Å². The molecule has 4 nitrogen and oxygen atoms in total.